The van der Waals surface area contributed by atoms with E-state index in [0.29, 0.717) is 11.7 Å². The number of rotatable bonds is 3. The lowest BCUT2D eigenvalue weighted by Crippen LogP contribution is -2.41. The zero-order valence-electron chi connectivity index (χ0n) is 20.0. The van der Waals surface area contributed by atoms with E-state index in [9.17, 15) is 4.79 Å². The molecule has 2 saturated carbocycles. The fraction of sp³-hybridized carbons (Fsp3) is 0.708. The van der Waals surface area contributed by atoms with Crippen LogP contribution in [0.15, 0.2) is 24.3 Å². The minimum absolute atomic E-state index is 0.107. The molecule has 4 rings (SSSR count). The minimum Gasteiger partial charge on any atom is -0.399 e. The second-order valence-corrected chi connectivity index (χ2v) is 10.4. The summed E-state index contributed by atoms with van der Waals surface area (Å²) in [5.74, 6) is 0.107. The molecule has 1 aromatic carbocycles. The summed E-state index contributed by atoms with van der Waals surface area (Å²) in [5.41, 5.74) is 7.12. The van der Waals surface area contributed by atoms with Crippen LogP contribution in [0.1, 0.15) is 87.4 Å². The van der Waals surface area contributed by atoms with Crippen molar-refractivity contribution in [3.63, 3.8) is 0 Å². The van der Waals surface area contributed by atoms with Gasteiger partial charge in [0, 0.05) is 43.5 Å². The molecule has 0 radical (unpaired) electrons. The average Bonchev–Trinajstić information content (AvgIpc) is 3.30. The topological polar surface area (TPSA) is 130 Å². The summed E-state index contributed by atoms with van der Waals surface area (Å²) in [6.45, 7) is 2.16. The fourth-order valence-electron chi connectivity index (χ4n) is 4.92. The SMILES string of the molecule is C1CCCCC1.CN(C(=O)c1ccc(N)cc1)C1CCN(C2CCCCC2)C1.NS(=O)(=O)O. The molecule has 1 aromatic rings. The number of nitrogens with two attached hydrogens (primary N) is 2. The van der Waals surface area contributed by atoms with Crippen LogP contribution in [-0.2, 0) is 10.3 Å². The number of nitrogen functional groups attached to an aromatic ring is 1. The van der Waals surface area contributed by atoms with Crippen molar-refractivity contribution >= 4 is 21.9 Å². The Kier molecular flexibility index (Phi) is 11.6. The number of hydrogen-bond acceptors (Lipinski definition) is 5. The molecule has 9 heteroatoms. The van der Waals surface area contributed by atoms with Crippen molar-refractivity contribution in [1.29, 1.82) is 0 Å². The van der Waals surface area contributed by atoms with Crippen LogP contribution in [-0.4, -0.2) is 60.9 Å². The highest BCUT2D eigenvalue weighted by Gasteiger charge is 2.32. The number of hydrogen-bond donors (Lipinski definition) is 3. The second kappa shape index (κ2) is 13.9. The van der Waals surface area contributed by atoms with Crippen LogP contribution in [0, 0.1) is 0 Å². The van der Waals surface area contributed by atoms with E-state index in [1.807, 2.05) is 24.1 Å². The van der Waals surface area contributed by atoms with Gasteiger partial charge in [-0.3, -0.25) is 14.2 Å². The smallest absolute Gasteiger partial charge is 0.330 e. The van der Waals surface area contributed by atoms with Crippen molar-refractivity contribution in [2.75, 3.05) is 25.9 Å². The minimum atomic E-state index is -4.17. The van der Waals surface area contributed by atoms with Gasteiger partial charge in [-0.2, -0.15) is 8.42 Å². The Morgan fingerprint density at radius 3 is 1.88 bits per heavy atom. The van der Waals surface area contributed by atoms with Crippen LogP contribution in [0.3, 0.4) is 0 Å². The standard InChI is InChI=1S/C18H27N3O.C6H12.H3NO3S/c1-20(18(22)14-7-9-15(19)10-8-14)17-11-12-21(13-17)16-5-3-2-4-6-16;1-2-4-6-5-3-1;1-5(2,3)4/h7-10,16-17H,2-6,11-13,19H2,1H3;1-6H2;(H3,1,2,3,4). The molecule has 0 bridgehead atoms. The first kappa shape index (κ1) is 27.6. The van der Waals surface area contributed by atoms with E-state index in [1.54, 1.807) is 12.1 Å². The van der Waals surface area contributed by atoms with Crippen LogP contribution >= 0.6 is 0 Å². The van der Waals surface area contributed by atoms with Gasteiger partial charge >= 0.3 is 10.3 Å². The van der Waals surface area contributed by atoms with E-state index in [4.69, 9.17) is 18.7 Å². The molecule has 1 atom stereocenters. The predicted octanol–water partition coefficient (Wildman–Crippen LogP) is 3.84. The molecule has 2 aliphatic carbocycles. The van der Waals surface area contributed by atoms with Crippen LogP contribution in [0.4, 0.5) is 5.69 Å². The monoisotopic (exact) mass is 482 g/mol. The predicted molar refractivity (Wildman–Crippen MR) is 133 cm³/mol. The lowest BCUT2D eigenvalue weighted by Gasteiger charge is -2.32. The van der Waals surface area contributed by atoms with Gasteiger partial charge in [0.25, 0.3) is 5.91 Å². The molecule has 0 spiro atoms. The van der Waals surface area contributed by atoms with Gasteiger partial charge in [0.1, 0.15) is 0 Å². The van der Waals surface area contributed by atoms with Gasteiger partial charge in [-0.15, -0.1) is 0 Å². The quantitative estimate of drug-likeness (QED) is 0.443. The Bertz CT molecular complexity index is 787. The van der Waals surface area contributed by atoms with Crippen molar-refractivity contribution in [1.82, 2.24) is 9.80 Å². The van der Waals surface area contributed by atoms with Crippen LogP contribution in [0.5, 0.6) is 0 Å². The van der Waals surface area contributed by atoms with Gasteiger partial charge in [0.2, 0.25) is 0 Å². The fourth-order valence-corrected chi connectivity index (χ4v) is 4.92. The summed E-state index contributed by atoms with van der Waals surface area (Å²) < 4.78 is 25.2. The molecule has 1 unspecified atom stereocenters. The third-order valence-electron chi connectivity index (χ3n) is 6.81. The van der Waals surface area contributed by atoms with Gasteiger partial charge in [0.05, 0.1) is 0 Å². The van der Waals surface area contributed by atoms with E-state index in [0.717, 1.165) is 31.1 Å². The van der Waals surface area contributed by atoms with E-state index in [2.05, 4.69) is 10.0 Å². The number of anilines is 1. The first-order valence-corrected chi connectivity index (χ1v) is 13.8. The third kappa shape index (κ3) is 10.9. The summed E-state index contributed by atoms with van der Waals surface area (Å²) in [7, 11) is -2.23. The molecule has 33 heavy (non-hydrogen) atoms. The third-order valence-corrected chi connectivity index (χ3v) is 6.81. The first-order valence-electron chi connectivity index (χ1n) is 12.3. The van der Waals surface area contributed by atoms with Crippen LogP contribution in [0.25, 0.3) is 0 Å². The maximum absolute atomic E-state index is 12.6. The van der Waals surface area contributed by atoms with Crippen LogP contribution in [0.2, 0.25) is 0 Å². The molecule has 1 aliphatic heterocycles. The summed E-state index contributed by atoms with van der Waals surface area (Å²) in [5, 5.41) is 3.88. The second-order valence-electron chi connectivity index (χ2n) is 9.40. The van der Waals surface area contributed by atoms with E-state index >= 15 is 0 Å². The molecule has 8 nitrogen and oxygen atoms in total. The van der Waals surface area contributed by atoms with Gasteiger partial charge in [0.15, 0.2) is 0 Å². The number of nitrogens with zero attached hydrogens (tertiary/aromatic N) is 2. The van der Waals surface area contributed by atoms with E-state index in [1.165, 1.54) is 70.6 Å². The maximum Gasteiger partial charge on any atom is 0.330 e. The maximum atomic E-state index is 12.6. The lowest BCUT2D eigenvalue weighted by molar-refractivity contribution is 0.0726. The summed E-state index contributed by atoms with van der Waals surface area (Å²) >= 11 is 0. The molecule has 188 valence electrons. The molecule has 0 aromatic heterocycles. The zero-order valence-corrected chi connectivity index (χ0v) is 20.8. The number of likely N-dealkylation sites (tertiary alicyclic amines) is 1. The molecule has 1 saturated heterocycles. The first-order chi connectivity index (χ1) is 15.6. The molecule has 3 fully saturated rings. The Balaban J connectivity index is 0.000000289. The Hall–Kier alpha value is -1.68. The van der Waals surface area contributed by atoms with Crippen LogP contribution < -0.4 is 10.9 Å². The number of benzene rings is 1. The highest BCUT2D eigenvalue weighted by Crippen LogP contribution is 2.27. The summed E-state index contributed by atoms with van der Waals surface area (Å²) in [6.07, 6.45) is 16.9. The molecule has 5 N–H and O–H groups in total. The normalized spacial score (nSPS) is 21.8. The highest BCUT2D eigenvalue weighted by molar-refractivity contribution is 7.83. The van der Waals surface area contributed by atoms with Crippen molar-refractivity contribution in [3.8, 4) is 0 Å². The highest BCUT2D eigenvalue weighted by atomic mass is 32.2. The van der Waals surface area contributed by atoms with Crippen molar-refractivity contribution in [2.24, 2.45) is 5.14 Å². The largest absolute Gasteiger partial charge is 0.399 e. The summed E-state index contributed by atoms with van der Waals surface area (Å²) in [6, 6.07) is 8.32. The number of carbonyl (C=O) groups excluding carboxylic acids is 1. The number of amides is 1. The van der Waals surface area contributed by atoms with Crippen molar-refractivity contribution in [2.45, 2.75) is 89.1 Å². The lowest BCUT2D eigenvalue weighted by atomic mass is 9.94. The Morgan fingerprint density at radius 1 is 0.939 bits per heavy atom. The van der Waals surface area contributed by atoms with Crippen molar-refractivity contribution in [3.05, 3.63) is 29.8 Å². The Labute approximate surface area is 199 Å². The van der Waals surface area contributed by atoms with Gasteiger partial charge < -0.3 is 10.6 Å². The average molecular weight is 483 g/mol. The van der Waals surface area contributed by atoms with E-state index < -0.39 is 10.3 Å². The number of carbonyl (C=O) groups is 1. The van der Waals surface area contributed by atoms with E-state index in [-0.39, 0.29) is 5.91 Å². The molecular formula is C24H42N4O4S. The molecule has 1 amide bonds. The van der Waals surface area contributed by atoms with Gasteiger partial charge in [-0.1, -0.05) is 57.8 Å². The molecule has 1 heterocycles. The van der Waals surface area contributed by atoms with Gasteiger partial charge in [-0.05, 0) is 43.5 Å². The van der Waals surface area contributed by atoms with Crippen molar-refractivity contribution < 1.29 is 17.8 Å². The van der Waals surface area contributed by atoms with Gasteiger partial charge in [-0.25, -0.2) is 5.14 Å². The Morgan fingerprint density at radius 2 is 1.39 bits per heavy atom. The number of likely N-dealkylation sites (N-methyl/N-ethyl adjacent to an activating group) is 1. The molecule has 3 aliphatic rings. The molecular weight excluding hydrogens is 440 g/mol. The zero-order chi connectivity index (χ0) is 24.3. The summed E-state index contributed by atoms with van der Waals surface area (Å²) in [4.78, 5) is 17.1.